The first kappa shape index (κ1) is 34.3. The third kappa shape index (κ3) is 9.59. The molecule has 0 bridgehead atoms. The van der Waals surface area contributed by atoms with Crippen LogP contribution in [0.15, 0.2) is 36.4 Å². The molecule has 2 atom stereocenters. The van der Waals surface area contributed by atoms with E-state index in [9.17, 15) is 14.0 Å². The third-order valence-corrected chi connectivity index (χ3v) is 7.82. The summed E-state index contributed by atoms with van der Waals surface area (Å²) >= 11 is 12.0. The zero-order valence-electron chi connectivity index (χ0n) is 24.7. The van der Waals surface area contributed by atoms with Crippen LogP contribution in [0.1, 0.15) is 11.1 Å². The molecule has 0 radical (unpaired) electrons. The second-order valence-corrected chi connectivity index (χ2v) is 12.6. The summed E-state index contributed by atoms with van der Waals surface area (Å²) in [6.45, 7) is 1.35. The number of benzene rings is 2. The number of esters is 1. The number of hydrogen-bond donors (Lipinski definition) is 2. The van der Waals surface area contributed by atoms with Gasteiger partial charge in [-0.15, -0.1) is 23.2 Å². The van der Waals surface area contributed by atoms with Gasteiger partial charge in [0.15, 0.2) is 0 Å². The molecule has 6 nitrogen and oxygen atoms in total. The first-order valence-corrected chi connectivity index (χ1v) is 14.7. The Hall–Kier alpha value is -1.90. The van der Waals surface area contributed by atoms with Gasteiger partial charge in [0.25, 0.3) is 0 Å². The predicted molar refractivity (Wildman–Crippen MR) is 184 cm³/mol. The van der Waals surface area contributed by atoms with E-state index in [-0.39, 0.29) is 23.8 Å². The number of carbonyl (C=O) groups is 2. The van der Waals surface area contributed by atoms with Crippen LogP contribution in [0, 0.1) is 5.82 Å². The molecule has 208 valence electrons. The van der Waals surface area contributed by atoms with E-state index < -0.39 is 29.4 Å². The Labute approximate surface area is 254 Å². The van der Waals surface area contributed by atoms with Crippen LogP contribution < -0.4 is 26.9 Å². The van der Waals surface area contributed by atoms with Crippen molar-refractivity contribution in [2.75, 3.05) is 29.7 Å². The third-order valence-electron chi connectivity index (χ3n) is 7.48. The van der Waals surface area contributed by atoms with Gasteiger partial charge in [0, 0.05) is 42.4 Å². The molecular weight excluding hydrogens is 544 g/mol. The fraction of sp³-hybridized carbons (Fsp3) is 0.417. The highest BCUT2D eigenvalue weighted by Gasteiger charge is 2.38. The summed E-state index contributed by atoms with van der Waals surface area (Å²) in [4.78, 5) is 28.7. The van der Waals surface area contributed by atoms with Crippen LogP contribution in [-0.4, -0.2) is 109 Å². The first-order valence-electron chi connectivity index (χ1n) is 13.6. The van der Waals surface area contributed by atoms with Crippen molar-refractivity contribution in [2.45, 2.75) is 35.4 Å². The lowest BCUT2D eigenvalue weighted by atomic mass is 9.28. The number of anilines is 1. The molecule has 0 aliphatic heterocycles. The molecule has 2 rings (SSSR count). The summed E-state index contributed by atoms with van der Waals surface area (Å²) in [5.41, 5.74) is 11.1. The Bertz CT molecular complexity index is 1140. The van der Waals surface area contributed by atoms with Crippen molar-refractivity contribution in [3.05, 3.63) is 53.3 Å². The molecule has 0 aliphatic rings. The minimum Gasteiger partial charge on any atom is -0.478 e. The fourth-order valence-electron chi connectivity index (χ4n) is 4.35. The van der Waals surface area contributed by atoms with Crippen molar-refractivity contribution in [2.24, 2.45) is 5.73 Å². The van der Waals surface area contributed by atoms with Crippen LogP contribution >= 0.6 is 23.2 Å². The number of nitrogens with two attached hydrogens (primary N) is 1. The van der Waals surface area contributed by atoms with Crippen LogP contribution in [0.25, 0.3) is 0 Å². The number of alkyl halides is 2. The van der Waals surface area contributed by atoms with Crippen LogP contribution in [0.3, 0.4) is 0 Å². The minimum atomic E-state index is -0.990. The van der Waals surface area contributed by atoms with Crippen LogP contribution in [0.5, 0.6) is 0 Å². The second kappa shape index (κ2) is 14.8. The molecule has 3 N–H and O–H groups in total. The van der Waals surface area contributed by atoms with Crippen molar-refractivity contribution in [1.29, 1.82) is 0 Å². The van der Waals surface area contributed by atoms with Gasteiger partial charge >= 0.3 is 5.97 Å². The zero-order chi connectivity index (χ0) is 30.3. The van der Waals surface area contributed by atoms with E-state index in [2.05, 4.69) is 10.2 Å². The lowest BCUT2D eigenvalue weighted by Gasteiger charge is -2.40. The van der Waals surface area contributed by atoms with E-state index in [1.807, 2.05) is 67.1 Å². The maximum atomic E-state index is 13.5. The Balaban J connectivity index is 2.23. The standard InChI is InChI=1S/C24H37B7Cl2FN3O3/c25-16-9-14(10-17(26)20(16)37(7-5-32)8-6-33)11-18(35)21(38)36-19(12-13-1-3-15(34)4-2-13)22(39)40-24(30,31)23(27,28)29/h1-4,9-10,18-19H,5-8,11-12,25-31,35H2,(H,36,38). The van der Waals surface area contributed by atoms with Gasteiger partial charge in [0.2, 0.25) is 5.91 Å². The number of amides is 1. The molecule has 2 unspecified atom stereocenters. The van der Waals surface area contributed by atoms with Gasteiger partial charge in [0.1, 0.15) is 43.2 Å². The molecule has 16 heteroatoms. The van der Waals surface area contributed by atoms with E-state index >= 15 is 0 Å². The van der Waals surface area contributed by atoms with Gasteiger partial charge in [-0.1, -0.05) is 40.3 Å². The zero-order valence-corrected chi connectivity index (χ0v) is 26.3. The monoisotopic (exact) mass is 581 g/mol. The van der Waals surface area contributed by atoms with Crippen molar-refractivity contribution in [3.8, 4) is 0 Å². The average molecular weight is 581 g/mol. The topological polar surface area (TPSA) is 84.7 Å². The number of nitrogens with one attached hydrogen (secondary N) is 1. The number of ether oxygens (including phenoxy) is 1. The number of carbonyl (C=O) groups excluding carboxylic acids is 2. The Kier molecular flexibility index (Phi) is 12.7. The van der Waals surface area contributed by atoms with E-state index in [0.29, 0.717) is 30.4 Å². The molecule has 0 saturated heterocycles. The van der Waals surface area contributed by atoms with Gasteiger partial charge in [-0.2, -0.15) is 0 Å². The maximum Gasteiger partial charge on any atom is 0.327 e. The van der Waals surface area contributed by atoms with Gasteiger partial charge in [-0.05, 0) is 29.7 Å². The van der Waals surface area contributed by atoms with E-state index in [0.717, 1.165) is 22.2 Å². The summed E-state index contributed by atoms with van der Waals surface area (Å²) in [5.74, 6) is -0.455. The minimum absolute atomic E-state index is 0.141. The second-order valence-electron chi connectivity index (χ2n) is 11.8. The Morgan fingerprint density at radius 2 is 1.48 bits per heavy atom. The number of nitrogens with zero attached hydrogens (tertiary/aromatic N) is 1. The van der Waals surface area contributed by atoms with Crippen LogP contribution in [0.2, 0.25) is 5.11 Å². The molecule has 2 aromatic carbocycles. The normalized spacial score (nSPS) is 13.3. The lowest BCUT2D eigenvalue weighted by Crippen LogP contribution is -2.55. The quantitative estimate of drug-likeness (QED) is 0.132. The van der Waals surface area contributed by atoms with Gasteiger partial charge in [0.05, 0.1) is 29.6 Å². The van der Waals surface area contributed by atoms with E-state index in [1.165, 1.54) is 12.1 Å². The van der Waals surface area contributed by atoms with Gasteiger partial charge in [-0.3, -0.25) is 4.79 Å². The molecule has 2 aromatic rings. The largest absolute Gasteiger partial charge is 0.478 e. The van der Waals surface area contributed by atoms with E-state index in [4.69, 9.17) is 33.7 Å². The van der Waals surface area contributed by atoms with Gasteiger partial charge < -0.3 is 20.7 Å². The summed E-state index contributed by atoms with van der Waals surface area (Å²) < 4.78 is 19.3. The summed E-state index contributed by atoms with van der Waals surface area (Å²) in [5, 5.41) is 1.66. The number of rotatable bonds is 14. The summed E-state index contributed by atoms with van der Waals surface area (Å²) in [6.07, 6.45) is 0.423. The summed E-state index contributed by atoms with van der Waals surface area (Å²) in [7, 11) is 13.6. The summed E-state index contributed by atoms with van der Waals surface area (Å²) in [6, 6.07) is 7.95. The van der Waals surface area contributed by atoms with Crippen molar-refractivity contribution in [3.63, 3.8) is 0 Å². The van der Waals surface area contributed by atoms with Crippen molar-refractivity contribution < 1.29 is 18.7 Å². The highest BCUT2D eigenvalue weighted by molar-refractivity contribution is 6.67. The molecule has 40 heavy (non-hydrogen) atoms. The Morgan fingerprint density at radius 3 is 1.95 bits per heavy atom. The molecule has 1 amide bonds. The predicted octanol–water partition coefficient (Wildman–Crippen LogP) is -5.34. The smallest absolute Gasteiger partial charge is 0.327 e. The Morgan fingerprint density at radius 1 is 0.950 bits per heavy atom. The molecule has 0 spiro atoms. The lowest BCUT2D eigenvalue weighted by molar-refractivity contribution is -0.151. The molecular formula is C24H37B7Cl2FN3O3. The molecule has 0 aliphatic carbocycles. The first-order chi connectivity index (χ1) is 18.6. The highest BCUT2D eigenvalue weighted by Crippen LogP contribution is 2.26. The number of halogens is 3. The van der Waals surface area contributed by atoms with Crippen LogP contribution in [-0.2, 0) is 27.2 Å². The highest BCUT2D eigenvalue weighted by atomic mass is 35.5. The van der Waals surface area contributed by atoms with Crippen LogP contribution in [0.4, 0.5) is 10.1 Å². The molecule has 0 aromatic heterocycles. The molecule has 0 saturated carbocycles. The molecule has 0 heterocycles. The van der Waals surface area contributed by atoms with Gasteiger partial charge in [-0.25, -0.2) is 9.18 Å². The average Bonchev–Trinajstić information content (AvgIpc) is 2.83. The maximum absolute atomic E-state index is 13.5. The van der Waals surface area contributed by atoms with Crippen molar-refractivity contribution >= 4 is 107 Å². The SMILES string of the molecule is Bc1cc(CC(N)C(=O)NC(Cc2ccc(F)cc2)C(=O)OC(B)(B)C(B)(B)B)cc(B)c1N(CCCl)CCCl. The van der Waals surface area contributed by atoms with E-state index in [1.54, 1.807) is 12.1 Å². The van der Waals surface area contributed by atoms with Crippen molar-refractivity contribution in [1.82, 2.24) is 5.32 Å². The number of hydrogen-bond acceptors (Lipinski definition) is 5. The fourth-order valence-corrected chi connectivity index (χ4v) is 4.76. The molecule has 0 fully saturated rings.